The molecule has 164 valence electrons. The minimum atomic E-state index is -3.43. The van der Waals surface area contributed by atoms with Crippen LogP contribution in [0.4, 0.5) is 5.69 Å². The molecule has 30 heavy (non-hydrogen) atoms. The molecule has 1 fully saturated rings. The summed E-state index contributed by atoms with van der Waals surface area (Å²) in [7, 11) is -0.119. The summed E-state index contributed by atoms with van der Waals surface area (Å²) in [5.41, 5.74) is 2.46. The van der Waals surface area contributed by atoms with Gasteiger partial charge in [-0.1, -0.05) is 18.2 Å². The van der Waals surface area contributed by atoms with Gasteiger partial charge in [0, 0.05) is 46.0 Å². The number of nitrogens with one attached hydrogen (secondary N) is 2. The highest BCUT2D eigenvalue weighted by Gasteiger charge is 2.21. The summed E-state index contributed by atoms with van der Waals surface area (Å²) in [6.07, 6.45) is 2.51. The Hall–Kier alpha value is -2.10. The fourth-order valence-electron chi connectivity index (χ4n) is 3.46. The standard InChI is InChI=1S/C21H31N5O2S2/c1-17(18-8-6-9-19(16-18)26-12-4-5-13-26)24-21(22-2)23-11-14-25(3)30(27,28)20-10-7-15-29-20/h6-10,15-17H,4-5,11-14H2,1-3H3,(H2,22,23,24). The predicted octanol–water partition coefficient (Wildman–Crippen LogP) is 2.90. The number of rotatable bonds is 8. The van der Waals surface area contributed by atoms with Crippen molar-refractivity contribution in [2.75, 3.05) is 45.2 Å². The molecule has 7 nitrogen and oxygen atoms in total. The minimum Gasteiger partial charge on any atom is -0.372 e. The number of hydrogen-bond acceptors (Lipinski definition) is 5. The zero-order valence-corrected chi connectivity index (χ0v) is 19.5. The van der Waals surface area contributed by atoms with Crippen molar-refractivity contribution in [1.82, 2.24) is 14.9 Å². The molecule has 1 aliphatic rings. The first-order valence-electron chi connectivity index (χ1n) is 10.2. The Balaban J connectivity index is 1.52. The molecule has 0 radical (unpaired) electrons. The molecular weight excluding hydrogens is 418 g/mol. The van der Waals surface area contributed by atoms with Gasteiger partial charge in [0.1, 0.15) is 4.21 Å². The van der Waals surface area contributed by atoms with Crippen molar-refractivity contribution in [2.24, 2.45) is 4.99 Å². The third-order valence-electron chi connectivity index (χ3n) is 5.30. The van der Waals surface area contributed by atoms with Gasteiger partial charge in [0.05, 0.1) is 6.04 Å². The van der Waals surface area contributed by atoms with Crippen molar-refractivity contribution in [3.05, 3.63) is 47.3 Å². The van der Waals surface area contributed by atoms with Gasteiger partial charge in [0.25, 0.3) is 10.0 Å². The van der Waals surface area contributed by atoms with Crippen molar-refractivity contribution < 1.29 is 8.42 Å². The molecule has 1 aromatic heterocycles. The van der Waals surface area contributed by atoms with Crippen LogP contribution in [0.15, 0.2) is 51.0 Å². The summed E-state index contributed by atoms with van der Waals surface area (Å²) in [5.74, 6) is 0.649. The van der Waals surface area contributed by atoms with E-state index in [1.807, 2.05) is 0 Å². The maximum Gasteiger partial charge on any atom is 0.252 e. The lowest BCUT2D eigenvalue weighted by molar-refractivity contribution is 0.471. The van der Waals surface area contributed by atoms with Crippen LogP contribution in [0.3, 0.4) is 0 Å². The Morgan fingerprint density at radius 3 is 2.70 bits per heavy atom. The van der Waals surface area contributed by atoms with Gasteiger partial charge in [-0.2, -0.15) is 4.31 Å². The fourth-order valence-corrected chi connectivity index (χ4v) is 5.84. The Labute approximate surface area is 183 Å². The van der Waals surface area contributed by atoms with E-state index in [2.05, 4.69) is 51.7 Å². The van der Waals surface area contributed by atoms with Gasteiger partial charge in [-0.25, -0.2) is 8.42 Å². The Bertz CT molecular complexity index is 938. The van der Waals surface area contributed by atoms with Crippen LogP contribution in [0.2, 0.25) is 0 Å². The van der Waals surface area contributed by atoms with Crippen LogP contribution in [-0.4, -0.2) is 59.0 Å². The number of anilines is 1. The van der Waals surface area contributed by atoms with E-state index in [0.717, 1.165) is 13.1 Å². The number of guanidine groups is 1. The average Bonchev–Trinajstić information content (AvgIpc) is 3.47. The number of aliphatic imine (C=N–C) groups is 1. The molecule has 3 rings (SSSR count). The first-order chi connectivity index (χ1) is 14.4. The first-order valence-corrected chi connectivity index (χ1v) is 12.6. The van der Waals surface area contributed by atoms with Gasteiger partial charge in [-0.15, -0.1) is 11.3 Å². The molecule has 2 N–H and O–H groups in total. The molecule has 0 amide bonds. The summed E-state index contributed by atoms with van der Waals surface area (Å²) < 4.78 is 26.7. The minimum absolute atomic E-state index is 0.0753. The van der Waals surface area contributed by atoms with Crippen molar-refractivity contribution in [2.45, 2.75) is 30.0 Å². The largest absolute Gasteiger partial charge is 0.372 e. The summed E-state index contributed by atoms with van der Waals surface area (Å²) in [6, 6.07) is 12.1. The number of hydrogen-bond donors (Lipinski definition) is 2. The third-order valence-corrected chi connectivity index (χ3v) is 8.53. The van der Waals surface area contributed by atoms with E-state index >= 15 is 0 Å². The highest BCUT2D eigenvalue weighted by Crippen LogP contribution is 2.24. The zero-order valence-electron chi connectivity index (χ0n) is 17.8. The Kier molecular flexibility index (Phi) is 7.74. The van der Waals surface area contributed by atoms with E-state index in [4.69, 9.17) is 0 Å². The van der Waals surface area contributed by atoms with E-state index in [9.17, 15) is 8.42 Å². The number of nitrogens with zero attached hydrogens (tertiary/aromatic N) is 3. The van der Waals surface area contributed by atoms with Crippen LogP contribution in [-0.2, 0) is 10.0 Å². The van der Waals surface area contributed by atoms with Crippen LogP contribution in [0, 0.1) is 0 Å². The summed E-state index contributed by atoms with van der Waals surface area (Å²) >= 11 is 1.23. The maximum absolute atomic E-state index is 12.5. The molecule has 1 saturated heterocycles. The lowest BCUT2D eigenvalue weighted by Gasteiger charge is -2.22. The van der Waals surface area contributed by atoms with Crippen molar-refractivity contribution in [3.8, 4) is 0 Å². The number of thiophene rings is 1. The molecule has 0 saturated carbocycles. The summed E-state index contributed by atoms with van der Waals surface area (Å²) in [6.45, 7) is 5.15. The molecule has 1 aliphatic heterocycles. The smallest absolute Gasteiger partial charge is 0.252 e. The second kappa shape index (κ2) is 10.3. The van der Waals surface area contributed by atoms with E-state index in [0.29, 0.717) is 23.3 Å². The highest BCUT2D eigenvalue weighted by atomic mass is 32.2. The second-order valence-electron chi connectivity index (χ2n) is 7.41. The molecule has 0 spiro atoms. The normalized spacial score (nSPS) is 16.1. The molecule has 9 heteroatoms. The maximum atomic E-state index is 12.5. The monoisotopic (exact) mass is 449 g/mol. The van der Waals surface area contributed by atoms with Gasteiger partial charge in [0.2, 0.25) is 0 Å². The first kappa shape index (κ1) is 22.6. The lowest BCUT2D eigenvalue weighted by atomic mass is 10.1. The molecule has 2 aromatic rings. The van der Waals surface area contributed by atoms with Gasteiger partial charge >= 0.3 is 0 Å². The number of sulfonamides is 1. The van der Waals surface area contributed by atoms with Crippen LogP contribution >= 0.6 is 11.3 Å². The molecule has 0 aliphatic carbocycles. The fraction of sp³-hybridized carbons (Fsp3) is 0.476. The van der Waals surface area contributed by atoms with Crippen molar-refractivity contribution >= 4 is 33.0 Å². The topological polar surface area (TPSA) is 77.0 Å². The predicted molar refractivity (Wildman–Crippen MR) is 125 cm³/mol. The number of likely N-dealkylation sites (N-methyl/N-ethyl adjacent to an activating group) is 1. The number of benzene rings is 1. The highest BCUT2D eigenvalue weighted by molar-refractivity contribution is 7.91. The molecule has 1 aromatic carbocycles. The zero-order chi connectivity index (χ0) is 21.6. The van der Waals surface area contributed by atoms with Gasteiger partial charge in [-0.3, -0.25) is 4.99 Å². The molecule has 2 heterocycles. The van der Waals surface area contributed by atoms with E-state index in [1.54, 1.807) is 31.6 Å². The molecule has 1 atom stereocenters. The van der Waals surface area contributed by atoms with Crippen LogP contribution in [0.25, 0.3) is 0 Å². The van der Waals surface area contributed by atoms with E-state index < -0.39 is 10.0 Å². The van der Waals surface area contributed by atoms with Gasteiger partial charge in [0.15, 0.2) is 5.96 Å². The Morgan fingerprint density at radius 2 is 2.03 bits per heavy atom. The summed E-state index contributed by atoms with van der Waals surface area (Å²) in [4.78, 5) is 6.70. The second-order valence-corrected chi connectivity index (χ2v) is 10.6. The quantitative estimate of drug-likeness (QED) is 0.479. The average molecular weight is 450 g/mol. The molecular formula is C21H31N5O2S2. The summed E-state index contributed by atoms with van der Waals surface area (Å²) in [5, 5.41) is 8.38. The van der Waals surface area contributed by atoms with E-state index in [1.165, 1.54) is 39.7 Å². The SMILES string of the molecule is CN=C(NCCN(C)S(=O)(=O)c1cccs1)NC(C)c1cccc(N2CCCC2)c1. The molecule has 0 bridgehead atoms. The Morgan fingerprint density at radius 1 is 1.27 bits per heavy atom. The van der Waals surface area contributed by atoms with Crippen LogP contribution < -0.4 is 15.5 Å². The molecule has 1 unspecified atom stereocenters. The van der Waals surface area contributed by atoms with Crippen molar-refractivity contribution in [3.63, 3.8) is 0 Å². The van der Waals surface area contributed by atoms with E-state index in [-0.39, 0.29) is 6.04 Å². The van der Waals surface area contributed by atoms with Gasteiger partial charge < -0.3 is 15.5 Å². The van der Waals surface area contributed by atoms with Crippen LogP contribution in [0.5, 0.6) is 0 Å². The lowest BCUT2D eigenvalue weighted by Crippen LogP contribution is -2.42. The third kappa shape index (κ3) is 5.53. The van der Waals surface area contributed by atoms with Crippen molar-refractivity contribution in [1.29, 1.82) is 0 Å². The van der Waals surface area contributed by atoms with Gasteiger partial charge in [-0.05, 0) is 48.9 Å². The van der Waals surface area contributed by atoms with Crippen LogP contribution in [0.1, 0.15) is 31.4 Å².